The summed E-state index contributed by atoms with van der Waals surface area (Å²) < 4.78 is 1.96. The number of thiophene rings is 1. The maximum atomic E-state index is 12.0. The van der Waals surface area contributed by atoms with Crippen LogP contribution in [0.4, 0.5) is 0 Å². The van der Waals surface area contributed by atoms with Crippen LogP contribution in [0.1, 0.15) is 75.1 Å². The first-order valence-corrected chi connectivity index (χ1v) is 9.53. The van der Waals surface area contributed by atoms with E-state index < -0.39 is 0 Å². The number of carbonyl (C=O) groups is 1. The molecule has 1 rings (SSSR count). The molecule has 0 aliphatic rings. The molecular weight excluding hydrogens is 388 g/mol. The lowest BCUT2D eigenvalue weighted by atomic mass is 10.0. The fraction of sp³-hybridized carbons (Fsp3) is 0.667. The second kappa shape index (κ2) is 10.1. The molecule has 0 atom stereocenters. The molecule has 1 heterocycles. The average Bonchev–Trinajstić information content (AvgIpc) is 2.71. The number of halogens is 2. The van der Waals surface area contributed by atoms with Crippen LogP contribution in [0.5, 0.6) is 0 Å². The number of carbonyl (C=O) groups excluding carboxylic acids is 1. The van der Waals surface area contributed by atoms with Gasteiger partial charge in [-0.3, -0.25) is 4.79 Å². The van der Waals surface area contributed by atoms with E-state index in [1.54, 1.807) is 11.3 Å². The highest BCUT2D eigenvalue weighted by Crippen LogP contribution is 2.32. The summed E-state index contributed by atoms with van der Waals surface area (Å²) in [7, 11) is 0. The molecule has 1 aromatic rings. The normalized spacial score (nSPS) is 10.9. The summed E-state index contributed by atoms with van der Waals surface area (Å²) in [6.45, 7) is 2.24. The molecule has 0 spiro atoms. The lowest BCUT2D eigenvalue weighted by Gasteiger charge is -2.01. The SMILES string of the molecule is CCCCCCCCCCC(=O)c1cc(Br)sc1Br. The van der Waals surface area contributed by atoms with E-state index in [9.17, 15) is 4.79 Å². The van der Waals surface area contributed by atoms with Crippen molar-refractivity contribution in [2.24, 2.45) is 0 Å². The third-order valence-electron chi connectivity index (χ3n) is 3.21. The van der Waals surface area contributed by atoms with Crippen LogP contribution < -0.4 is 0 Å². The minimum atomic E-state index is 0.264. The molecule has 1 aromatic heterocycles. The second-order valence-corrected chi connectivity index (χ2v) is 8.64. The first-order chi connectivity index (χ1) is 9.15. The zero-order chi connectivity index (χ0) is 14.1. The summed E-state index contributed by atoms with van der Waals surface area (Å²) in [5.74, 6) is 0.264. The van der Waals surface area contributed by atoms with Crippen LogP contribution in [0.2, 0.25) is 0 Å². The maximum Gasteiger partial charge on any atom is 0.164 e. The van der Waals surface area contributed by atoms with E-state index >= 15 is 0 Å². The standard InChI is InChI=1S/C15H22Br2OS/c1-2-3-4-5-6-7-8-9-10-13(18)12-11-14(16)19-15(12)17/h11H,2-10H2,1H3. The van der Waals surface area contributed by atoms with Crippen molar-refractivity contribution in [3.05, 3.63) is 19.2 Å². The molecule has 0 aliphatic heterocycles. The van der Waals surface area contributed by atoms with Gasteiger partial charge in [0.1, 0.15) is 0 Å². The van der Waals surface area contributed by atoms with Crippen molar-refractivity contribution in [1.29, 1.82) is 0 Å². The number of hydrogen-bond acceptors (Lipinski definition) is 2. The molecule has 0 fully saturated rings. The second-order valence-electron chi connectivity index (χ2n) is 4.89. The van der Waals surface area contributed by atoms with Gasteiger partial charge in [0.25, 0.3) is 0 Å². The lowest BCUT2D eigenvalue weighted by molar-refractivity contribution is 0.0979. The van der Waals surface area contributed by atoms with Crippen LogP contribution in [0, 0.1) is 0 Å². The maximum absolute atomic E-state index is 12.0. The molecule has 0 aliphatic carbocycles. The van der Waals surface area contributed by atoms with E-state index in [-0.39, 0.29) is 5.78 Å². The minimum absolute atomic E-state index is 0.264. The van der Waals surface area contributed by atoms with Gasteiger partial charge in [0.05, 0.1) is 7.57 Å². The quantitative estimate of drug-likeness (QED) is 0.300. The molecule has 0 amide bonds. The third-order valence-corrected chi connectivity index (χ3v) is 5.55. The first-order valence-electron chi connectivity index (χ1n) is 7.13. The Hall–Kier alpha value is 0.330. The van der Waals surface area contributed by atoms with E-state index in [4.69, 9.17) is 0 Å². The zero-order valence-electron chi connectivity index (χ0n) is 11.5. The van der Waals surface area contributed by atoms with Gasteiger partial charge in [-0.05, 0) is 44.3 Å². The average molecular weight is 410 g/mol. The van der Waals surface area contributed by atoms with Crippen molar-refractivity contribution in [1.82, 2.24) is 0 Å². The highest BCUT2D eigenvalue weighted by atomic mass is 79.9. The fourth-order valence-electron chi connectivity index (χ4n) is 2.08. The van der Waals surface area contributed by atoms with E-state index in [0.717, 1.165) is 19.6 Å². The Labute approximate surface area is 137 Å². The zero-order valence-corrected chi connectivity index (χ0v) is 15.5. The Morgan fingerprint density at radius 2 is 1.63 bits per heavy atom. The number of unbranched alkanes of at least 4 members (excludes halogenated alkanes) is 7. The van der Waals surface area contributed by atoms with Gasteiger partial charge < -0.3 is 0 Å². The summed E-state index contributed by atoms with van der Waals surface area (Å²) in [5, 5.41) is 0. The van der Waals surface area contributed by atoms with Gasteiger partial charge in [0.15, 0.2) is 5.78 Å². The van der Waals surface area contributed by atoms with Crippen molar-refractivity contribution in [2.75, 3.05) is 0 Å². The van der Waals surface area contributed by atoms with Crippen LogP contribution in [0.15, 0.2) is 13.6 Å². The van der Waals surface area contributed by atoms with E-state index in [2.05, 4.69) is 38.8 Å². The molecular formula is C15H22Br2OS. The molecule has 108 valence electrons. The van der Waals surface area contributed by atoms with Crippen molar-refractivity contribution in [2.45, 2.75) is 64.7 Å². The van der Waals surface area contributed by atoms with E-state index in [0.29, 0.717) is 6.42 Å². The Morgan fingerprint density at radius 1 is 1.05 bits per heavy atom. The van der Waals surface area contributed by atoms with Crippen molar-refractivity contribution >= 4 is 49.0 Å². The molecule has 0 saturated carbocycles. The number of rotatable bonds is 10. The van der Waals surface area contributed by atoms with Gasteiger partial charge in [-0.2, -0.15) is 0 Å². The summed E-state index contributed by atoms with van der Waals surface area (Å²) in [6, 6.07) is 1.92. The predicted octanol–water partition coefficient (Wildman–Crippen LogP) is 6.99. The minimum Gasteiger partial charge on any atom is -0.294 e. The molecule has 0 saturated heterocycles. The largest absolute Gasteiger partial charge is 0.294 e. The molecule has 0 unspecified atom stereocenters. The van der Waals surface area contributed by atoms with Crippen LogP contribution in [0.3, 0.4) is 0 Å². The number of hydrogen-bond donors (Lipinski definition) is 0. The molecule has 4 heteroatoms. The molecule has 0 N–H and O–H groups in total. The first kappa shape index (κ1) is 17.4. The Bertz CT molecular complexity index is 387. The molecule has 1 nitrogen and oxygen atoms in total. The van der Waals surface area contributed by atoms with Crippen LogP contribution in [0.25, 0.3) is 0 Å². The molecule has 0 bridgehead atoms. The van der Waals surface area contributed by atoms with E-state index in [1.165, 1.54) is 44.9 Å². The summed E-state index contributed by atoms with van der Waals surface area (Å²) in [5.41, 5.74) is 0.833. The van der Waals surface area contributed by atoms with Gasteiger partial charge >= 0.3 is 0 Å². The summed E-state index contributed by atoms with van der Waals surface area (Å²) in [6.07, 6.45) is 10.9. The Morgan fingerprint density at radius 3 is 2.16 bits per heavy atom. The van der Waals surface area contributed by atoms with Gasteiger partial charge in [0, 0.05) is 12.0 Å². The number of Topliss-reactive ketones (excluding diaryl/α,β-unsaturated/α-hetero) is 1. The fourth-order valence-corrected chi connectivity index (χ4v) is 4.94. The highest BCUT2D eigenvalue weighted by molar-refractivity contribution is 9.12. The third kappa shape index (κ3) is 7.05. The molecule has 0 aromatic carbocycles. The van der Waals surface area contributed by atoms with Crippen LogP contribution >= 0.6 is 43.2 Å². The summed E-state index contributed by atoms with van der Waals surface area (Å²) in [4.78, 5) is 12.0. The lowest BCUT2D eigenvalue weighted by Crippen LogP contribution is -1.97. The predicted molar refractivity (Wildman–Crippen MR) is 91.3 cm³/mol. The van der Waals surface area contributed by atoms with Gasteiger partial charge in [-0.15, -0.1) is 11.3 Å². The Balaban J connectivity index is 2.09. The van der Waals surface area contributed by atoms with Crippen molar-refractivity contribution in [3.8, 4) is 0 Å². The van der Waals surface area contributed by atoms with Gasteiger partial charge in [0.2, 0.25) is 0 Å². The van der Waals surface area contributed by atoms with Crippen molar-refractivity contribution < 1.29 is 4.79 Å². The van der Waals surface area contributed by atoms with E-state index in [1.807, 2.05) is 6.07 Å². The van der Waals surface area contributed by atoms with Gasteiger partial charge in [-0.25, -0.2) is 0 Å². The topological polar surface area (TPSA) is 17.1 Å². The van der Waals surface area contributed by atoms with Crippen LogP contribution in [-0.4, -0.2) is 5.78 Å². The van der Waals surface area contributed by atoms with Gasteiger partial charge in [-0.1, -0.05) is 51.9 Å². The molecule has 19 heavy (non-hydrogen) atoms. The van der Waals surface area contributed by atoms with Crippen LogP contribution in [-0.2, 0) is 0 Å². The smallest absolute Gasteiger partial charge is 0.164 e. The summed E-state index contributed by atoms with van der Waals surface area (Å²) >= 11 is 8.42. The Kier molecular flexibility index (Phi) is 9.25. The number of ketones is 1. The highest BCUT2D eigenvalue weighted by Gasteiger charge is 2.12. The molecule has 0 radical (unpaired) electrons. The van der Waals surface area contributed by atoms with Crippen molar-refractivity contribution in [3.63, 3.8) is 0 Å². The monoisotopic (exact) mass is 408 g/mol.